The van der Waals surface area contributed by atoms with Gasteiger partial charge in [0.25, 0.3) is 0 Å². The molecule has 0 unspecified atom stereocenters. The summed E-state index contributed by atoms with van der Waals surface area (Å²) in [6, 6.07) is 43.7. The van der Waals surface area contributed by atoms with Crippen LogP contribution in [0.15, 0.2) is 136 Å². The predicted octanol–water partition coefficient (Wildman–Crippen LogP) is 10.2. The van der Waals surface area contributed by atoms with Crippen LogP contribution in [0.1, 0.15) is 0 Å². The van der Waals surface area contributed by atoms with Crippen LogP contribution >= 0.6 is 0 Å². The summed E-state index contributed by atoms with van der Waals surface area (Å²) in [7, 11) is 0. The Bertz CT molecular complexity index is 2730. The number of benzene rings is 6. The number of hydrogen-bond acceptors (Lipinski definition) is 4. The van der Waals surface area contributed by atoms with E-state index in [-0.39, 0.29) is 0 Å². The zero-order valence-electron chi connectivity index (χ0n) is 22.8. The van der Waals surface area contributed by atoms with Gasteiger partial charge in [-0.1, -0.05) is 103 Å². The maximum atomic E-state index is 6.58. The normalized spacial score (nSPS) is 12.2. The van der Waals surface area contributed by atoms with E-state index in [9.17, 15) is 0 Å². The van der Waals surface area contributed by atoms with Gasteiger partial charge in [0.2, 0.25) is 5.95 Å². The van der Waals surface area contributed by atoms with Crippen molar-refractivity contribution in [2.75, 3.05) is 0 Å². The number of furan rings is 2. The van der Waals surface area contributed by atoms with Crippen molar-refractivity contribution in [3.05, 3.63) is 127 Å². The molecule has 5 nitrogen and oxygen atoms in total. The first-order valence-electron chi connectivity index (χ1n) is 14.3. The molecule has 0 spiro atoms. The van der Waals surface area contributed by atoms with E-state index in [2.05, 4.69) is 95.6 Å². The first-order chi connectivity index (χ1) is 21.3. The fourth-order valence-electron chi connectivity index (χ4n) is 6.73. The van der Waals surface area contributed by atoms with Gasteiger partial charge < -0.3 is 8.83 Å². The van der Waals surface area contributed by atoms with Gasteiger partial charge in [-0.15, -0.1) is 0 Å². The molecule has 0 atom stereocenters. The second-order valence-corrected chi connectivity index (χ2v) is 11.0. The molecule has 0 radical (unpaired) electrons. The smallest absolute Gasteiger partial charge is 0.236 e. The van der Waals surface area contributed by atoms with Crippen LogP contribution in [0.4, 0.5) is 0 Å². The highest BCUT2D eigenvalue weighted by Gasteiger charge is 2.24. The Balaban J connectivity index is 1.43. The molecule has 6 aromatic carbocycles. The van der Waals surface area contributed by atoms with Gasteiger partial charge in [-0.2, -0.15) is 0 Å². The Labute approximate surface area is 244 Å². The lowest BCUT2D eigenvalue weighted by Crippen LogP contribution is -2.03. The van der Waals surface area contributed by atoms with Crippen molar-refractivity contribution in [1.82, 2.24) is 14.5 Å². The average Bonchev–Trinajstić information content (AvgIpc) is 3.74. The minimum atomic E-state index is 0.571. The molecule has 5 heteroatoms. The van der Waals surface area contributed by atoms with Gasteiger partial charge in [-0.05, 0) is 35.0 Å². The van der Waals surface area contributed by atoms with E-state index in [1.54, 1.807) is 0 Å². The van der Waals surface area contributed by atoms with Crippen LogP contribution in [-0.4, -0.2) is 14.5 Å². The van der Waals surface area contributed by atoms with Gasteiger partial charge in [0, 0.05) is 27.1 Å². The van der Waals surface area contributed by atoms with Crippen LogP contribution in [0.3, 0.4) is 0 Å². The van der Waals surface area contributed by atoms with Crippen molar-refractivity contribution in [2.24, 2.45) is 0 Å². The van der Waals surface area contributed by atoms with Gasteiger partial charge in [-0.25, -0.2) is 9.97 Å². The molecular formula is C38H21N3O2. The Morgan fingerprint density at radius 2 is 1.21 bits per heavy atom. The fourth-order valence-corrected chi connectivity index (χ4v) is 6.73. The third-order valence-corrected chi connectivity index (χ3v) is 8.62. The van der Waals surface area contributed by atoms with Crippen LogP contribution < -0.4 is 0 Å². The second-order valence-electron chi connectivity index (χ2n) is 11.0. The standard InChI is InChI=1S/C38H21N3O2/c1-2-11-23(12-3-1)33-37-34(32-24-13-5-4-10-22(24)18-21-31(32)43-37)40-38(39-33)41-29-16-8-6-14-25(29)27-19-20-28-26-15-7-9-17-30(26)42-36(28)35(27)41/h1-21H. The lowest BCUT2D eigenvalue weighted by Gasteiger charge is -2.09. The van der Waals surface area contributed by atoms with E-state index in [4.69, 9.17) is 18.8 Å². The summed E-state index contributed by atoms with van der Waals surface area (Å²) in [5, 5.41) is 7.59. The number of para-hydroxylation sites is 2. The molecule has 200 valence electrons. The van der Waals surface area contributed by atoms with Crippen LogP contribution in [0.5, 0.6) is 0 Å². The van der Waals surface area contributed by atoms with Crippen LogP contribution in [0.2, 0.25) is 0 Å². The van der Waals surface area contributed by atoms with E-state index in [1.807, 2.05) is 36.4 Å². The maximum absolute atomic E-state index is 6.58. The van der Waals surface area contributed by atoms with Gasteiger partial charge in [-0.3, -0.25) is 4.57 Å². The van der Waals surface area contributed by atoms with Crippen molar-refractivity contribution in [3.63, 3.8) is 0 Å². The highest BCUT2D eigenvalue weighted by Crippen LogP contribution is 2.42. The van der Waals surface area contributed by atoms with E-state index in [1.165, 1.54) is 0 Å². The molecule has 10 rings (SSSR count). The second kappa shape index (κ2) is 8.30. The van der Waals surface area contributed by atoms with E-state index < -0.39 is 0 Å². The number of rotatable bonds is 2. The molecule has 43 heavy (non-hydrogen) atoms. The summed E-state index contributed by atoms with van der Waals surface area (Å²) in [6.45, 7) is 0. The quantitative estimate of drug-likeness (QED) is 0.214. The highest BCUT2D eigenvalue weighted by atomic mass is 16.3. The molecule has 0 saturated carbocycles. The number of nitrogens with zero attached hydrogens (tertiary/aromatic N) is 3. The summed E-state index contributed by atoms with van der Waals surface area (Å²) < 4.78 is 15.3. The minimum absolute atomic E-state index is 0.571. The summed E-state index contributed by atoms with van der Waals surface area (Å²) >= 11 is 0. The van der Waals surface area contributed by atoms with Crippen molar-refractivity contribution in [1.29, 1.82) is 0 Å². The van der Waals surface area contributed by atoms with E-state index in [0.29, 0.717) is 11.5 Å². The zero-order valence-corrected chi connectivity index (χ0v) is 22.8. The molecule has 0 aliphatic heterocycles. The molecule has 0 N–H and O–H groups in total. The van der Waals surface area contributed by atoms with Crippen molar-refractivity contribution in [3.8, 4) is 17.2 Å². The summed E-state index contributed by atoms with van der Waals surface area (Å²) in [4.78, 5) is 10.6. The van der Waals surface area contributed by atoms with Gasteiger partial charge in [0.15, 0.2) is 11.2 Å². The lowest BCUT2D eigenvalue weighted by molar-refractivity contribution is 0.666. The molecule has 4 aromatic heterocycles. The summed E-state index contributed by atoms with van der Waals surface area (Å²) in [5.74, 6) is 0.571. The van der Waals surface area contributed by atoms with Gasteiger partial charge in [0.05, 0.1) is 10.9 Å². The fraction of sp³-hybridized carbons (Fsp3) is 0. The van der Waals surface area contributed by atoms with E-state index >= 15 is 0 Å². The van der Waals surface area contributed by atoms with Gasteiger partial charge >= 0.3 is 0 Å². The predicted molar refractivity (Wildman–Crippen MR) is 174 cm³/mol. The molecule has 0 fully saturated rings. The lowest BCUT2D eigenvalue weighted by atomic mass is 10.1. The molecule has 0 amide bonds. The molecular weight excluding hydrogens is 530 g/mol. The Morgan fingerprint density at radius 1 is 0.488 bits per heavy atom. The maximum Gasteiger partial charge on any atom is 0.236 e. The number of hydrogen-bond donors (Lipinski definition) is 0. The Morgan fingerprint density at radius 3 is 2.12 bits per heavy atom. The molecule has 0 aliphatic carbocycles. The molecule has 0 saturated heterocycles. The number of aromatic nitrogens is 3. The minimum Gasteiger partial charge on any atom is -0.454 e. The Hall–Kier alpha value is -5.94. The van der Waals surface area contributed by atoms with Crippen molar-refractivity contribution in [2.45, 2.75) is 0 Å². The number of fused-ring (bicyclic) bond motifs is 12. The van der Waals surface area contributed by atoms with Crippen molar-refractivity contribution >= 4 is 76.6 Å². The third-order valence-electron chi connectivity index (χ3n) is 8.62. The molecule has 10 aromatic rings. The SMILES string of the molecule is c1ccc(-c2nc(-n3c4ccccc4c4ccc5c6ccccc6oc5c43)nc3c2oc2ccc4ccccc4c23)cc1. The molecule has 0 bridgehead atoms. The van der Waals surface area contributed by atoms with Crippen molar-refractivity contribution < 1.29 is 8.83 Å². The largest absolute Gasteiger partial charge is 0.454 e. The van der Waals surface area contributed by atoms with Gasteiger partial charge in [0.1, 0.15) is 27.9 Å². The van der Waals surface area contributed by atoms with Crippen LogP contribution in [-0.2, 0) is 0 Å². The highest BCUT2D eigenvalue weighted by molar-refractivity contribution is 6.22. The first-order valence-corrected chi connectivity index (χ1v) is 14.3. The monoisotopic (exact) mass is 551 g/mol. The third kappa shape index (κ3) is 3.05. The first kappa shape index (κ1) is 22.7. The Kier molecular flexibility index (Phi) is 4.39. The molecule has 0 aliphatic rings. The van der Waals surface area contributed by atoms with E-state index in [0.717, 1.165) is 82.3 Å². The average molecular weight is 552 g/mol. The van der Waals surface area contributed by atoms with Crippen LogP contribution in [0.25, 0.3) is 93.8 Å². The summed E-state index contributed by atoms with van der Waals surface area (Å²) in [6.07, 6.45) is 0. The zero-order chi connectivity index (χ0) is 28.1. The van der Waals surface area contributed by atoms with Crippen LogP contribution in [0, 0.1) is 0 Å². The molecule has 4 heterocycles. The topological polar surface area (TPSA) is 57.0 Å². The summed E-state index contributed by atoms with van der Waals surface area (Å²) in [5.41, 5.74) is 7.62.